The Morgan fingerprint density at radius 2 is 1.81 bits per heavy atom. The third kappa shape index (κ3) is 4.54. The van der Waals surface area contributed by atoms with Crippen molar-refractivity contribution in [1.29, 1.82) is 0 Å². The van der Waals surface area contributed by atoms with E-state index in [4.69, 9.17) is 0 Å². The van der Waals surface area contributed by atoms with Crippen LogP contribution in [0.15, 0.2) is 59.4 Å². The van der Waals surface area contributed by atoms with Gasteiger partial charge < -0.3 is 0 Å². The first-order chi connectivity index (χ1) is 15.3. The average molecular weight is 452 g/mol. The molecule has 0 bridgehead atoms. The summed E-state index contributed by atoms with van der Waals surface area (Å²) in [6.07, 6.45) is 1.86. The van der Waals surface area contributed by atoms with Gasteiger partial charge >= 0.3 is 0 Å². The molecule has 0 aliphatic heterocycles. The Bertz CT molecular complexity index is 1280. The smallest absolute Gasteiger partial charge is 0.267 e. The minimum absolute atomic E-state index is 0.0138. The van der Waals surface area contributed by atoms with Crippen molar-refractivity contribution in [2.75, 3.05) is 5.75 Å². The molecule has 1 aromatic heterocycles. The summed E-state index contributed by atoms with van der Waals surface area (Å²) in [6, 6.07) is 18.1. The summed E-state index contributed by atoms with van der Waals surface area (Å²) in [4.78, 5) is 13.2. The summed E-state index contributed by atoms with van der Waals surface area (Å²) in [7, 11) is -1.75. The van der Waals surface area contributed by atoms with Crippen LogP contribution in [0.25, 0.3) is 11.1 Å². The summed E-state index contributed by atoms with van der Waals surface area (Å²) < 4.78 is 29.1. The van der Waals surface area contributed by atoms with E-state index in [1.807, 2.05) is 37.3 Å². The fraction of sp³-hybridized carbons (Fsp3) is 0.360. The number of hydrogen-bond acceptors (Lipinski definition) is 4. The van der Waals surface area contributed by atoms with Gasteiger partial charge in [-0.2, -0.15) is 5.10 Å². The summed E-state index contributed by atoms with van der Waals surface area (Å²) >= 11 is 0. The van der Waals surface area contributed by atoms with Crippen molar-refractivity contribution in [3.05, 3.63) is 87.3 Å². The second-order valence-corrected chi connectivity index (χ2v) is 10.5. The highest BCUT2D eigenvalue weighted by Crippen LogP contribution is 2.34. The Balaban J connectivity index is 1.78. The summed E-state index contributed by atoms with van der Waals surface area (Å²) in [5.41, 5.74) is 5.64. The second kappa shape index (κ2) is 9.00. The van der Waals surface area contributed by atoms with Crippen molar-refractivity contribution in [2.45, 2.75) is 45.1 Å². The molecule has 0 unspecified atom stereocenters. The molecule has 0 spiro atoms. The number of rotatable bonds is 6. The molecule has 32 heavy (non-hydrogen) atoms. The van der Waals surface area contributed by atoms with Crippen LogP contribution in [-0.4, -0.2) is 30.0 Å². The molecule has 6 nitrogen and oxygen atoms in total. The van der Waals surface area contributed by atoms with Gasteiger partial charge in [-0.25, -0.2) is 17.8 Å². The Hall–Kier alpha value is -2.77. The molecule has 3 aromatic rings. The first-order valence-corrected chi connectivity index (χ1v) is 12.7. The highest BCUT2D eigenvalue weighted by atomic mass is 32.2. The fourth-order valence-corrected chi connectivity index (χ4v) is 5.60. The van der Waals surface area contributed by atoms with Crippen molar-refractivity contribution in [1.82, 2.24) is 14.5 Å². The number of aryl methyl sites for hydroxylation is 2. The summed E-state index contributed by atoms with van der Waals surface area (Å²) in [5.74, 6) is -0.244. The van der Waals surface area contributed by atoms with E-state index in [1.54, 1.807) is 14.0 Å². The molecule has 7 heteroatoms. The number of fused-ring (bicyclic) bond motifs is 1. The predicted molar refractivity (Wildman–Crippen MR) is 127 cm³/mol. The molecule has 0 amide bonds. The molecule has 1 aliphatic rings. The molecule has 0 fully saturated rings. The van der Waals surface area contributed by atoms with E-state index in [0.717, 1.165) is 27.9 Å². The average Bonchev–Trinajstić information content (AvgIpc) is 2.79. The SMILES string of the molecule is CCS(=O)(=O)N[C@H]1CCc2c(C)nn(C)c(=O)c2[C@H]1Cc1cccc(-c2ccccc2)c1. The summed E-state index contributed by atoms with van der Waals surface area (Å²) in [6.45, 7) is 3.55. The quantitative estimate of drug-likeness (QED) is 0.623. The van der Waals surface area contributed by atoms with Crippen molar-refractivity contribution < 1.29 is 8.42 Å². The number of sulfonamides is 1. The zero-order chi connectivity index (χ0) is 22.9. The van der Waals surface area contributed by atoms with Gasteiger partial charge in [-0.15, -0.1) is 0 Å². The molecule has 168 valence electrons. The predicted octanol–water partition coefficient (Wildman–Crippen LogP) is 3.34. The van der Waals surface area contributed by atoms with Crippen LogP contribution in [0.5, 0.6) is 0 Å². The fourth-order valence-electron chi connectivity index (χ4n) is 4.69. The van der Waals surface area contributed by atoms with Crippen LogP contribution in [0, 0.1) is 6.92 Å². The van der Waals surface area contributed by atoms with Crippen LogP contribution in [0.1, 0.15) is 41.6 Å². The van der Waals surface area contributed by atoms with Gasteiger partial charge in [0.2, 0.25) is 10.0 Å². The molecular formula is C25H29N3O3S. The van der Waals surface area contributed by atoms with E-state index in [-0.39, 0.29) is 23.3 Å². The highest BCUT2D eigenvalue weighted by Gasteiger charge is 2.35. The van der Waals surface area contributed by atoms with Crippen LogP contribution >= 0.6 is 0 Å². The number of hydrogen-bond donors (Lipinski definition) is 1. The van der Waals surface area contributed by atoms with Crippen molar-refractivity contribution in [3.8, 4) is 11.1 Å². The zero-order valence-electron chi connectivity index (χ0n) is 18.7. The minimum Gasteiger partial charge on any atom is -0.267 e. The molecule has 1 heterocycles. The van der Waals surface area contributed by atoms with Gasteiger partial charge in [0.05, 0.1) is 11.4 Å². The molecule has 4 rings (SSSR count). The standard InChI is InChI=1S/C25H29N3O3S/c1-4-32(30,31)27-23-14-13-21-17(2)26-28(3)25(29)24(21)22(23)16-18-9-8-12-20(15-18)19-10-6-5-7-11-19/h5-12,15,22-23,27H,4,13-14,16H2,1-3H3/t22-,23-/m0/s1. The first kappa shape index (κ1) is 22.4. The minimum atomic E-state index is -3.41. The van der Waals surface area contributed by atoms with E-state index in [1.165, 1.54) is 4.68 Å². The zero-order valence-corrected chi connectivity index (χ0v) is 19.5. The Labute approximate surface area is 189 Å². The van der Waals surface area contributed by atoms with Crippen molar-refractivity contribution in [2.24, 2.45) is 7.05 Å². The molecule has 0 radical (unpaired) electrons. The van der Waals surface area contributed by atoms with Crippen molar-refractivity contribution >= 4 is 10.0 Å². The lowest BCUT2D eigenvalue weighted by molar-refractivity contribution is 0.418. The Morgan fingerprint density at radius 1 is 1.09 bits per heavy atom. The van der Waals surface area contributed by atoms with Crippen LogP contribution in [0.2, 0.25) is 0 Å². The number of nitrogens with zero attached hydrogens (tertiary/aromatic N) is 2. The lowest BCUT2D eigenvalue weighted by Gasteiger charge is -2.34. The topological polar surface area (TPSA) is 81.1 Å². The van der Waals surface area contributed by atoms with Crippen LogP contribution in [0.3, 0.4) is 0 Å². The van der Waals surface area contributed by atoms with Crippen LogP contribution < -0.4 is 10.3 Å². The van der Waals surface area contributed by atoms with Gasteiger partial charge in [0, 0.05) is 24.6 Å². The maximum Gasteiger partial charge on any atom is 0.270 e. The summed E-state index contributed by atoms with van der Waals surface area (Å²) in [5, 5.41) is 4.36. The number of benzene rings is 2. The largest absolute Gasteiger partial charge is 0.270 e. The molecule has 1 N–H and O–H groups in total. The van der Waals surface area contributed by atoms with Gasteiger partial charge in [-0.05, 0) is 55.4 Å². The maximum atomic E-state index is 13.2. The molecule has 0 saturated carbocycles. The van der Waals surface area contributed by atoms with Gasteiger partial charge in [0.15, 0.2) is 0 Å². The van der Waals surface area contributed by atoms with Gasteiger partial charge in [0.25, 0.3) is 5.56 Å². The molecule has 0 saturated heterocycles. The van der Waals surface area contributed by atoms with E-state index in [2.05, 4.69) is 34.1 Å². The third-order valence-corrected chi connectivity index (χ3v) is 7.77. The van der Waals surface area contributed by atoms with E-state index in [9.17, 15) is 13.2 Å². The first-order valence-electron chi connectivity index (χ1n) is 11.0. The van der Waals surface area contributed by atoms with Gasteiger partial charge in [-0.3, -0.25) is 4.79 Å². The normalized spacial score (nSPS) is 18.3. The van der Waals surface area contributed by atoms with E-state index >= 15 is 0 Å². The molecule has 1 aliphatic carbocycles. The maximum absolute atomic E-state index is 13.2. The third-order valence-electron chi connectivity index (χ3n) is 6.35. The lowest BCUT2D eigenvalue weighted by atomic mass is 9.76. The highest BCUT2D eigenvalue weighted by molar-refractivity contribution is 7.89. The van der Waals surface area contributed by atoms with Gasteiger partial charge in [-0.1, -0.05) is 54.6 Å². The molecule has 2 atom stereocenters. The number of aromatic nitrogens is 2. The van der Waals surface area contributed by atoms with Gasteiger partial charge in [0.1, 0.15) is 0 Å². The Morgan fingerprint density at radius 3 is 2.53 bits per heavy atom. The molecule has 2 aromatic carbocycles. The monoisotopic (exact) mass is 451 g/mol. The Kier molecular flexibility index (Phi) is 6.31. The van der Waals surface area contributed by atoms with Crippen LogP contribution in [0.4, 0.5) is 0 Å². The van der Waals surface area contributed by atoms with Crippen molar-refractivity contribution in [3.63, 3.8) is 0 Å². The molecular weight excluding hydrogens is 422 g/mol. The van der Waals surface area contributed by atoms with E-state index < -0.39 is 10.0 Å². The second-order valence-electron chi connectivity index (χ2n) is 8.45. The lowest BCUT2D eigenvalue weighted by Crippen LogP contribution is -2.46. The van der Waals surface area contributed by atoms with E-state index in [0.29, 0.717) is 24.8 Å². The number of nitrogens with one attached hydrogen (secondary N) is 1. The van der Waals surface area contributed by atoms with Crippen LogP contribution in [-0.2, 0) is 29.9 Å².